The fraction of sp³-hybridized carbons (Fsp3) is 0.364. The Balaban J connectivity index is 1.84. The van der Waals surface area contributed by atoms with Gasteiger partial charge in [-0.2, -0.15) is 26.3 Å². The molecule has 1 amide bonds. The number of benzene rings is 1. The van der Waals surface area contributed by atoms with Gasteiger partial charge >= 0.3 is 12.4 Å². The van der Waals surface area contributed by atoms with Gasteiger partial charge in [0.15, 0.2) is 0 Å². The van der Waals surface area contributed by atoms with E-state index in [1.54, 1.807) is 6.92 Å². The lowest BCUT2D eigenvalue weighted by atomic mass is 10.1. The summed E-state index contributed by atoms with van der Waals surface area (Å²) in [5.41, 5.74) is -1.62. The minimum absolute atomic E-state index is 0.0302. The summed E-state index contributed by atoms with van der Waals surface area (Å²) in [5.74, 6) is -0.252. The van der Waals surface area contributed by atoms with Crippen molar-refractivity contribution in [2.24, 2.45) is 5.92 Å². The van der Waals surface area contributed by atoms with E-state index in [1.165, 1.54) is 33.9 Å². The van der Waals surface area contributed by atoms with E-state index in [-0.39, 0.29) is 35.3 Å². The molecular weight excluding hydrogens is 436 g/mol. The highest BCUT2D eigenvalue weighted by atomic mass is 19.4. The SMILES string of the molecule is CCN(Cc1cc(C(F)(F)F)ccc1-n1ccc2ccc(C(F)(F)F)nc21)C(=O)C1CC1. The molecular formula is C22H19F6N3O. The summed E-state index contributed by atoms with van der Waals surface area (Å²) in [4.78, 5) is 17.7. The molecule has 0 unspecified atom stereocenters. The Hall–Kier alpha value is -3.04. The van der Waals surface area contributed by atoms with Crippen LogP contribution in [0.25, 0.3) is 16.7 Å². The molecule has 0 aliphatic heterocycles. The third kappa shape index (κ3) is 4.31. The van der Waals surface area contributed by atoms with Crippen molar-refractivity contribution in [1.82, 2.24) is 14.5 Å². The highest BCUT2D eigenvalue weighted by Crippen LogP contribution is 2.35. The quantitative estimate of drug-likeness (QED) is 0.455. The normalized spacial score (nSPS) is 14.7. The van der Waals surface area contributed by atoms with Crippen LogP contribution in [0.5, 0.6) is 0 Å². The summed E-state index contributed by atoms with van der Waals surface area (Å²) in [6.45, 7) is 1.94. The second-order valence-corrected chi connectivity index (χ2v) is 7.76. The third-order valence-corrected chi connectivity index (χ3v) is 5.47. The molecule has 2 heterocycles. The van der Waals surface area contributed by atoms with Crippen molar-refractivity contribution in [3.05, 3.63) is 59.4 Å². The molecule has 0 saturated heterocycles. The lowest BCUT2D eigenvalue weighted by Gasteiger charge is -2.24. The van der Waals surface area contributed by atoms with E-state index in [0.717, 1.165) is 31.0 Å². The number of carbonyl (C=O) groups excluding carboxylic acids is 1. The van der Waals surface area contributed by atoms with Crippen molar-refractivity contribution < 1.29 is 31.1 Å². The first kappa shape index (κ1) is 22.2. The number of pyridine rings is 1. The molecule has 4 rings (SSSR count). The van der Waals surface area contributed by atoms with Crippen LogP contribution in [0.1, 0.15) is 36.6 Å². The number of aromatic nitrogens is 2. The van der Waals surface area contributed by atoms with Gasteiger partial charge in [-0.3, -0.25) is 4.79 Å². The fourth-order valence-electron chi connectivity index (χ4n) is 3.62. The topological polar surface area (TPSA) is 38.1 Å². The van der Waals surface area contributed by atoms with Crippen molar-refractivity contribution >= 4 is 16.9 Å². The smallest absolute Gasteiger partial charge is 0.338 e. The van der Waals surface area contributed by atoms with Crippen molar-refractivity contribution in [3.63, 3.8) is 0 Å². The van der Waals surface area contributed by atoms with Crippen LogP contribution in [0.2, 0.25) is 0 Å². The van der Waals surface area contributed by atoms with Crippen molar-refractivity contribution in [2.45, 2.75) is 38.7 Å². The number of nitrogens with zero attached hydrogens (tertiary/aromatic N) is 3. The molecule has 32 heavy (non-hydrogen) atoms. The largest absolute Gasteiger partial charge is 0.433 e. The number of hydrogen-bond donors (Lipinski definition) is 0. The molecule has 10 heteroatoms. The third-order valence-electron chi connectivity index (χ3n) is 5.47. The number of halogens is 6. The zero-order valence-corrected chi connectivity index (χ0v) is 17.0. The zero-order chi connectivity index (χ0) is 23.3. The van der Waals surface area contributed by atoms with Gasteiger partial charge in [0.1, 0.15) is 11.3 Å². The van der Waals surface area contributed by atoms with Gasteiger partial charge in [0.2, 0.25) is 5.91 Å². The summed E-state index contributed by atoms with van der Waals surface area (Å²) < 4.78 is 80.9. The average Bonchev–Trinajstić information content (AvgIpc) is 3.49. The summed E-state index contributed by atoms with van der Waals surface area (Å²) >= 11 is 0. The van der Waals surface area contributed by atoms with Gasteiger partial charge in [0.05, 0.1) is 11.3 Å². The number of fused-ring (bicyclic) bond motifs is 1. The molecule has 4 nitrogen and oxygen atoms in total. The monoisotopic (exact) mass is 455 g/mol. The molecule has 0 spiro atoms. The first-order valence-electron chi connectivity index (χ1n) is 10.0. The predicted octanol–water partition coefficient (Wildman–Crippen LogP) is 5.82. The van der Waals surface area contributed by atoms with Crippen LogP contribution < -0.4 is 0 Å². The van der Waals surface area contributed by atoms with Crippen LogP contribution >= 0.6 is 0 Å². The van der Waals surface area contributed by atoms with Gasteiger partial charge in [-0.25, -0.2) is 4.98 Å². The molecule has 0 bridgehead atoms. The minimum atomic E-state index is -4.66. The van der Waals surface area contributed by atoms with Gasteiger partial charge in [0, 0.05) is 30.6 Å². The predicted molar refractivity (Wildman–Crippen MR) is 105 cm³/mol. The summed E-state index contributed by atoms with van der Waals surface area (Å²) in [6.07, 6.45) is -6.32. The van der Waals surface area contributed by atoms with E-state index in [2.05, 4.69) is 4.98 Å². The first-order chi connectivity index (χ1) is 15.0. The average molecular weight is 455 g/mol. The van der Waals surface area contributed by atoms with Crippen LogP contribution in [-0.4, -0.2) is 26.9 Å². The van der Waals surface area contributed by atoms with Gasteiger partial charge in [0.25, 0.3) is 0 Å². The van der Waals surface area contributed by atoms with E-state index in [4.69, 9.17) is 0 Å². The maximum absolute atomic E-state index is 13.4. The number of hydrogen-bond acceptors (Lipinski definition) is 2. The molecule has 1 fully saturated rings. The molecule has 1 saturated carbocycles. The summed E-state index contributed by atoms with van der Waals surface area (Å²) in [7, 11) is 0. The Morgan fingerprint density at radius 2 is 1.78 bits per heavy atom. The zero-order valence-electron chi connectivity index (χ0n) is 17.0. The van der Waals surface area contributed by atoms with Gasteiger partial charge < -0.3 is 9.47 Å². The lowest BCUT2D eigenvalue weighted by molar-refractivity contribution is -0.141. The molecule has 1 aliphatic rings. The van der Waals surface area contributed by atoms with Crippen LogP contribution in [0.3, 0.4) is 0 Å². The molecule has 0 atom stereocenters. The van der Waals surface area contributed by atoms with Crippen molar-refractivity contribution in [3.8, 4) is 5.69 Å². The maximum atomic E-state index is 13.4. The van der Waals surface area contributed by atoms with E-state index in [0.29, 0.717) is 11.9 Å². The Kier molecular flexibility index (Phi) is 5.42. The standard InChI is InChI=1S/C22H19F6N3O/c1-2-30(20(32)14-3-4-14)12-15-11-16(21(23,24)25)6-7-17(15)31-10-9-13-5-8-18(22(26,27)28)29-19(13)31/h5-11,14H,2-4,12H2,1H3. The number of carbonyl (C=O) groups is 1. The van der Waals surface area contributed by atoms with Crippen LogP contribution in [0.4, 0.5) is 26.3 Å². The molecule has 170 valence electrons. The van der Waals surface area contributed by atoms with Crippen molar-refractivity contribution in [2.75, 3.05) is 6.54 Å². The Labute approximate surface area is 179 Å². The molecule has 0 N–H and O–H groups in total. The molecule has 1 aliphatic carbocycles. The van der Waals surface area contributed by atoms with Crippen molar-refractivity contribution in [1.29, 1.82) is 0 Å². The first-order valence-corrected chi connectivity index (χ1v) is 10.0. The Morgan fingerprint density at radius 3 is 2.38 bits per heavy atom. The van der Waals surface area contributed by atoms with Crippen LogP contribution in [-0.2, 0) is 23.7 Å². The van der Waals surface area contributed by atoms with Crippen LogP contribution in [0.15, 0.2) is 42.6 Å². The van der Waals surface area contributed by atoms with Crippen LogP contribution in [0, 0.1) is 5.92 Å². The second kappa shape index (κ2) is 7.83. The number of rotatable bonds is 5. The van der Waals surface area contributed by atoms with E-state index >= 15 is 0 Å². The second-order valence-electron chi connectivity index (χ2n) is 7.76. The number of amides is 1. The maximum Gasteiger partial charge on any atom is 0.433 e. The summed E-state index contributed by atoms with van der Waals surface area (Å²) in [6, 6.07) is 6.68. The summed E-state index contributed by atoms with van der Waals surface area (Å²) in [5, 5.41) is 0.408. The Bertz CT molecular complexity index is 1160. The van der Waals surface area contributed by atoms with Gasteiger partial charge in [-0.15, -0.1) is 0 Å². The minimum Gasteiger partial charge on any atom is -0.338 e. The lowest BCUT2D eigenvalue weighted by Crippen LogP contribution is -2.32. The highest BCUT2D eigenvalue weighted by Gasteiger charge is 2.35. The van der Waals surface area contributed by atoms with E-state index < -0.39 is 23.6 Å². The van der Waals surface area contributed by atoms with Gasteiger partial charge in [-0.05, 0) is 61.7 Å². The molecule has 2 aromatic heterocycles. The molecule has 1 aromatic carbocycles. The molecule has 0 radical (unpaired) electrons. The fourth-order valence-corrected chi connectivity index (χ4v) is 3.62. The van der Waals surface area contributed by atoms with Gasteiger partial charge in [-0.1, -0.05) is 0 Å². The van der Waals surface area contributed by atoms with E-state index in [1.807, 2.05) is 0 Å². The Morgan fingerprint density at radius 1 is 1.06 bits per heavy atom. The molecule has 3 aromatic rings. The van der Waals surface area contributed by atoms with E-state index in [9.17, 15) is 31.1 Å². The number of alkyl halides is 6. The highest BCUT2D eigenvalue weighted by molar-refractivity contribution is 5.81.